The van der Waals surface area contributed by atoms with Crippen molar-refractivity contribution >= 4 is 70.7 Å². The molecular formula is C49H38FN3. The Labute approximate surface area is 306 Å². The minimum absolute atomic E-state index is 0.116. The van der Waals surface area contributed by atoms with E-state index in [0.717, 1.165) is 45.5 Å². The maximum Gasteiger partial charge on any atom is 0.123 e. The van der Waals surface area contributed by atoms with Crippen LogP contribution in [0.3, 0.4) is 0 Å². The monoisotopic (exact) mass is 687 g/mol. The molecule has 3 nitrogen and oxygen atoms in total. The lowest BCUT2D eigenvalue weighted by atomic mass is 9.88. The van der Waals surface area contributed by atoms with Gasteiger partial charge in [-0.05, 0) is 140 Å². The molecular weight excluding hydrogens is 650 g/mol. The number of aromatic nitrogens is 2. The van der Waals surface area contributed by atoms with Crippen LogP contribution in [0.1, 0.15) is 39.4 Å². The summed E-state index contributed by atoms with van der Waals surface area (Å²) in [5, 5.41) is 13.5. The van der Waals surface area contributed by atoms with E-state index >= 15 is 4.39 Å². The third-order valence-electron chi connectivity index (χ3n) is 11.9. The first-order valence-electron chi connectivity index (χ1n) is 18.6. The molecule has 53 heavy (non-hydrogen) atoms. The molecule has 1 unspecified atom stereocenters. The number of nitrogens with one attached hydrogen (secondary N) is 1. The lowest BCUT2D eigenvalue weighted by molar-refractivity contribution is 0.628. The standard InChI is InChI=1S/C49H38FN3/c1-26-12-15-41-36(18-26)37-19-27(2)13-16-42(37)52(41)48-30(5)45(33-10-7-11-34(50)23-33)47(40-25-51-40)49-46(48)32-9-6-8-31(22-32)35-24-44-39(21-29(35)4)38-20-28(3)14-17-43(38)53(44)49/h6-24,40,51H,25H2,1-5H3. The second-order valence-corrected chi connectivity index (χ2v) is 15.5. The number of nitrogens with zero attached hydrogens (tertiary/aromatic N) is 2. The number of fused-ring (bicyclic) bond motifs is 13. The van der Waals surface area contributed by atoms with Crippen molar-refractivity contribution < 1.29 is 4.39 Å². The molecule has 256 valence electrons. The number of halogens is 1. The molecule has 1 atom stereocenters. The molecule has 1 fully saturated rings. The summed E-state index contributed by atoms with van der Waals surface area (Å²) in [5.41, 5.74) is 16.3. The molecule has 0 amide bonds. The fourth-order valence-electron chi connectivity index (χ4n) is 9.45. The van der Waals surface area contributed by atoms with Gasteiger partial charge < -0.3 is 14.3 Å². The summed E-state index contributed by atoms with van der Waals surface area (Å²) < 4.78 is 20.4. The Bertz CT molecular complexity index is 3190. The molecule has 4 bridgehead atoms. The van der Waals surface area contributed by atoms with E-state index in [4.69, 9.17) is 0 Å². The van der Waals surface area contributed by atoms with Crippen LogP contribution in [0.2, 0.25) is 0 Å². The van der Waals surface area contributed by atoms with E-state index in [0.29, 0.717) is 0 Å². The molecule has 10 aromatic rings. The van der Waals surface area contributed by atoms with E-state index in [1.54, 1.807) is 12.1 Å². The number of aryl methyl sites for hydroxylation is 4. The van der Waals surface area contributed by atoms with Gasteiger partial charge in [-0.1, -0.05) is 65.2 Å². The lowest BCUT2D eigenvalue weighted by Gasteiger charge is -2.23. The van der Waals surface area contributed by atoms with Gasteiger partial charge in [0.05, 0.1) is 33.3 Å². The summed E-state index contributed by atoms with van der Waals surface area (Å²) in [6.45, 7) is 11.9. The molecule has 1 N–H and O–H groups in total. The predicted octanol–water partition coefficient (Wildman–Crippen LogP) is 12.6. The molecule has 4 heterocycles. The minimum atomic E-state index is -0.232. The Kier molecular flexibility index (Phi) is 6.23. The van der Waals surface area contributed by atoms with Gasteiger partial charge in [0.2, 0.25) is 0 Å². The molecule has 1 saturated heterocycles. The minimum Gasteiger partial charge on any atom is -0.308 e. The van der Waals surface area contributed by atoms with Crippen molar-refractivity contribution in [1.29, 1.82) is 0 Å². The highest BCUT2D eigenvalue weighted by atomic mass is 19.1. The van der Waals surface area contributed by atoms with Crippen LogP contribution in [0, 0.1) is 40.4 Å². The second kappa shape index (κ2) is 10.8. The van der Waals surface area contributed by atoms with Gasteiger partial charge in [-0.2, -0.15) is 0 Å². The van der Waals surface area contributed by atoms with Crippen molar-refractivity contribution in [2.24, 2.45) is 0 Å². The Morgan fingerprint density at radius 2 is 1.19 bits per heavy atom. The summed E-state index contributed by atoms with van der Waals surface area (Å²) in [6.07, 6.45) is 0. The van der Waals surface area contributed by atoms with Crippen LogP contribution in [-0.4, -0.2) is 15.5 Å². The van der Waals surface area contributed by atoms with E-state index in [1.807, 2.05) is 6.07 Å². The summed E-state index contributed by atoms with van der Waals surface area (Å²) in [4.78, 5) is 0. The molecule has 4 heteroatoms. The fraction of sp³-hybridized carbons (Fsp3) is 0.143. The Morgan fingerprint density at radius 1 is 0.585 bits per heavy atom. The van der Waals surface area contributed by atoms with E-state index in [2.05, 4.69) is 146 Å². The van der Waals surface area contributed by atoms with Crippen LogP contribution in [0.25, 0.3) is 87.5 Å². The first kappa shape index (κ1) is 30.6. The van der Waals surface area contributed by atoms with Crippen LogP contribution < -0.4 is 5.32 Å². The van der Waals surface area contributed by atoms with Crippen molar-refractivity contribution in [2.45, 2.75) is 40.7 Å². The zero-order chi connectivity index (χ0) is 35.9. The van der Waals surface area contributed by atoms with E-state index in [-0.39, 0.29) is 11.9 Å². The molecule has 3 aromatic heterocycles. The Morgan fingerprint density at radius 3 is 1.85 bits per heavy atom. The summed E-state index contributed by atoms with van der Waals surface area (Å²) in [5.74, 6) is -0.232. The van der Waals surface area contributed by atoms with Gasteiger partial charge in [0.15, 0.2) is 0 Å². The highest BCUT2D eigenvalue weighted by molar-refractivity contribution is 6.19. The molecule has 1 aliphatic rings. The topological polar surface area (TPSA) is 31.3 Å². The number of hydrogen-bond acceptors (Lipinski definition) is 1. The number of rotatable bonds is 3. The SMILES string of the molecule is Cc1ccc2c(c1)c1cc(C)ccc1n2-c1c(C)c(-c2cccc(F)c2)c(C2CN2)c2c1c1cccc(c1)c1cc3c(cc1C)c1cc(C)ccc1n32. The third kappa shape index (κ3) is 4.30. The zero-order valence-corrected chi connectivity index (χ0v) is 30.5. The van der Waals surface area contributed by atoms with Gasteiger partial charge in [0.25, 0.3) is 0 Å². The third-order valence-corrected chi connectivity index (χ3v) is 11.9. The largest absolute Gasteiger partial charge is 0.308 e. The Hall–Kier alpha value is -5.97. The highest BCUT2D eigenvalue weighted by Crippen LogP contribution is 2.49. The molecule has 1 aliphatic heterocycles. The fourth-order valence-corrected chi connectivity index (χ4v) is 9.45. The van der Waals surface area contributed by atoms with Crippen LogP contribution in [0.5, 0.6) is 0 Å². The average Bonchev–Trinajstić information content (AvgIpc) is 3.88. The van der Waals surface area contributed by atoms with Crippen LogP contribution in [0.15, 0.2) is 115 Å². The first-order valence-corrected chi connectivity index (χ1v) is 18.6. The Balaban J connectivity index is 1.53. The van der Waals surface area contributed by atoms with Gasteiger partial charge in [-0.3, -0.25) is 0 Å². The number of benzene rings is 7. The van der Waals surface area contributed by atoms with Gasteiger partial charge in [-0.25, -0.2) is 4.39 Å². The molecule has 0 spiro atoms. The molecule has 0 aliphatic carbocycles. The van der Waals surface area contributed by atoms with E-state index in [9.17, 15) is 0 Å². The summed E-state index contributed by atoms with van der Waals surface area (Å²) >= 11 is 0. The smallest absolute Gasteiger partial charge is 0.123 e. The highest BCUT2D eigenvalue weighted by Gasteiger charge is 2.33. The molecule has 7 aromatic carbocycles. The van der Waals surface area contributed by atoms with Crippen molar-refractivity contribution in [2.75, 3.05) is 6.54 Å². The van der Waals surface area contributed by atoms with Crippen molar-refractivity contribution in [3.05, 3.63) is 154 Å². The molecule has 0 saturated carbocycles. The lowest BCUT2D eigenvalue weighted by Crippen LogP contribution is -2.07. The average molecular weight is 688 g/mol. The maximum atomic E-state index is 15.4. The van der Waals surface area contributed by atoms with Crippen molar-refractivity contribution in [3.8, 4) is 16.8 Å². The van der Waals surface area contributed by atoms with Gasteiger partial charge in [0.1, 0.15) is 5.82 Å². The summed E-state index contributed by atoms with van der Waals surface area (Å²) in [6, 6.07) is 41.8. The number of hydrogen-bond donors (Lipinski definition) is 1. The molecule has 11 rings (SSSR count). The van der Waals surface area contributed by atoms with Crippen LogP contribution in [-0.2, 0) is 0 Å². The normalized spacial score (nSPS) is 14.6. The van der Waals surface area contributed by atoms with Crippen molar-refractivity contribution in [1.82, 2.24) is 14.3 Å². The quantitative estimate of drug-likeness (QED) is 0.184. The van der Waals surface area contributed by atoms with Gasteiger partial charge in [0, 0.05) is 45.1 Å². The summed E-state index contributed by atoms with van der Waals surface area (Å²) in [7, 11) is 0. The van der Waals surface area contributed by atoms with Crippen LogP contribution in [0.4, 0.5) is 4.39 Å². The van der Waals surface area contributed by atoms with Crippen molar-refractivity contribution in [3.63, 3.8) is 0 Å². The predicted molar refractivity (Wildman–Crippen MR) is 222 cm³/mol. The van der Waals surface area contributed by atoms with Crippen LogP contribution >= 0.6 is 0 Å². The maximum absolute atomic E-state index is 15.4. The second-order valence-electron chi connectivity index (χ2n) is 15.5. The molecule has 0 radical (unpaired) electrons. The van der Waals surface area contributed by atoms with Gasteiger partial charge >= 0.3 is 0 Å². The zero-order valence-electron chi connectivity index (χ0n) is 30.5. The first-order chi connectivity index (χ1) is 25.7. The van der Waals surface area contributed by atoms with E-state index < -0.39 is 0 Å². The van der Waals surface area contributed by atoms with Gasteiger partial charge in [-0.15, -0.1) is 0 Å². The van der Waals surface area contributed by atoms with E-state index in [1.165, 1.54) is 81.9 Å².